The first-order valence-corrected chi connectivity index (χ1v) is 7.31. The van der Waals surface area contributed by atoms with Gasteiger partial charge in [-0.1, -0.05) is 17.7 Å². The van der Waals surface area contributed by atoms with Crippen LogP contribution < -0.4 is 10.1 Å². The van der Waals surface area contributed by atoms with Crippen molar-refractivity contribution >= 4 is 17.5 Å². The fourth-order valence-electron chi connectivity index (χ4n) is 2.01. The zero-order valence-corrected chi connectivity index (χ0v) is 13.6. The summed E-state index contributed by atoms with van der Waals surface area (Å²) in [5.74, 6) is -0.248. The van der Waals surface area contributed by atoms with E-state index in [1.54, 1.807) is 19.9 Å². The lowest BCUT2D eigenvalue weighted by Gasteiger charge is -2.15. The highest BCUT2D eigenvalue weighted by atomic mass is 35.5. The molecule has 0 aliphatic rings. The summed E-state index contributed by atoms with van der Waals surface area (Å²) < 4.78 is 18.7. The van der Waals surface area contributed by atoms with Crippen LogP contribution in [0.4, 0.5) is 4.39 Å². The second-order valence-corrected chi connectivity index (χ2v) is 5.25. The lowest BCUT2D eigenvalue weighted by molar-refractivity contribution is 0.0954. The molecule has 4 nitrogen and oxygen atoms in total. The molecule has 23 heavy (non-hydrogen) atoms. The van der Waals surface area contributed by atoms with Crippen molar-refractivity contribution < 1.29 is 13.9 Å². The van der Waals surface area contributed by atoms with Gasteiger partial charge in [0.25, 0.3) is 5.91 Å². The van der Waals surface area contributed by atoms with Gasteiger partial charge >= 0.3 is 0 Å². The molecule has 6 heteroatoms. The number of carbonyl (C=O) groups is 1. The van der Waals surface area contributed by atoms with E-state index in [2.05, 4.69) is 16.9 Å². The van der Waals surface area contributed by atoms with Crippen molar-refractivity contribution in [3.63, 3.8) is 0 Å². The van der Waals surface area contributed by atoms with Crippen molar-refractivity contribution in [3.8, 4) is 11.6 Å². The number of benzene rings is 1. The molecule has 0 saturated heterocycles. The van der Waals surface area contributed by atoms with Crippen molar-refractivity contribution in [3.05, 3.63) is 64.6 Å². The van der Waals surface area contributed by atoms with Crippen LogP contribution in [0.5, 0.6) is 11.6 Å². The molecule has 2 rings (SSSR count). The van der Waals surface area contributed by atoms with E-state index in [0.717, 1.165) is 0 Å². The number of carbonyl (C=O) groups excluding carboxylic acids is 1. The molecule has 0 aliphatic heterocycles. The molecular formula is C17H16ClFN2O2. The van der Waals surface area contributed by atoms with Gasteiger partial charge in [-0.05, 0) is 43.7 Å². The molecule has 1 amide bonds. The highest BCUT2D eigenvalue weighted by Crippen LogP contribution is 2.31. The third-order valence-electron chi connectivity index (χ3n) is 3.17. The minimum absolute atomic E-state index is 0.123. The van der Waals surface area contributed by atoms with Gasteiger partial charge in [0, 0.05) is 6.54 Å². The van der Waals surface area contributed by atoms with Gasteiger partial charge < -0.3 is 10.1 Å². The van der Waals surface area contributed by atoms with Gasteiger partial charge in [-0.2, -0.15) is 0 Å². The monoisotopic (exact) mass is 334 g/mol. The van der Waals surface area contributed by atoms with Crippen LogP contribution in [0.25, 0.3) is 0 Å². The van der Waals surface area contributed by atoms with Gasteiger partial charge in [0.15, 0.2) is 0 Å². The van der Waals surface area contributed by atoms with Gasteiger partial charge in [-0.15, -0.1) is 6.58 Å². The van der Waals surface area contributed by atoms with Gasteiger partial charge in [0.1, 0.15) is 17.1 Å². The predicted molar refractivity (Wildman–Crippen MR) is 87.7 cm³/mol. The van der Waals surface area contributed by atoms with Crippen LogP contribution in [0.3, 0.4) is 0 Å². The Morgan fingerprint density at radius 1 is 1.39 bits per heavy atom. The van der Waals surface area contributed by atoms with E-state index in [4.69, 9.17) is 16.3 Å². The molecule has 1 N–H and O–H groups in total. The lowest BCUT2D eigenvalue weighted by Crippen LogP contribution is -2.25. The number of halogens is 2. The normalized spacial score (nSPS) is 10.3. The highest BCUT2D eigenvalue weighted by Gasteiger charge is 2.21. The quantitative estimate of drug-likeness (QED) is 0.834. The summed E-state index contributed by atoms with van der Waals surface area (Å²) in [6.07, 6.45) is 1.57. The Bertz CT molecular complexity index is 745. The second-order valence-electron chi connectivity index (χ2n) is 4.87. The Kier molecular flexibility index (Phi) is 5.34. The molecule has 0 unspecified atom stereocenters. The maximum Gasteiger partial charge on any atom is 0.257 e. The molecule has 1 aromatic carbocycles. The average molecular weight is 335 g/mol. The molecule has 0 atom stereocenters. The lowest BCUT2D eigenvalue weighted by atomic mass is 10.1. The number of pyridine rings is 1. The Hall–Kier alpha value is -2.40. The maximum atomic E-state index is 13.0. The third kappa shape index (κ3) is 3.87. The predicted octanol–water partition coefficient (Wildman–Crippen LogP) is 4.20. The molecule has 1 heterocycles. The first kappa shape index (κ1) is 17.0. The van der Waals surface area contributed by atoms with Crippen LogP contribution in [0, 0.1) is 19.7 Å². The summed E-state index contributed by atoms with van der Waals surface area (Å²) in [7, 11) is 0. The Labute approximate surface area is 139 Å². The number of hydrogen-bond donors (Lipinski definition) is 1. The first-order valence-electron chi connectivity index (χ1n) is 6.93. The average Bonchev–Trinajstić information content (AvgIpc) is 2.53. The molecule has 0 radical (unpaired) electrons. The van der Waals surface area contributed by atoms with E-state index in [1.165, 1.54) is 24.3 Å². The van der Waals surface area contributed by atoms with Crippen LogP contribution in [-0.2, 0) is 0 Å². The van der Waals surface area contributed by atoms with E-state index in [-0.39, 0.29) is 23.2 Å². The number of ether oxygens (including phenoxy) is 1. The highest BCUT2D eigenvalue weighted by molar-refractivity contribution is 6.32. The summed E-state index contributed by atoms with van der Waals surface area (Å²) >= 11 is 6.19. The van der Waals surface area contributed by atoms with E-state index in [9.17, 15) is 9.18 Å². The number of hydrogen-bond acceptors (Lipinski definition) is 3. The largest absolute Gasteiger partial charge is 0.438 e. The third-order valence-corrected chi connectivity index (χ3v) is 3.72. The van der Waals surface area contributed by atoms with Crippen LogP contribution in [0.15, 0.2) is 36.9 Å². The Morgan fingerprint density at radius 3 is 2.65 bits per heavy atom. The van der Waals surface area contributed by atoms with Crippen molar-refractivity contribution in [2.75, 3.05) is 6.54 Å². The van der Waals surface area contributed by atoms with Gasteiger partial charge in [-0.3, -0.25) is 4.79 Å². The summed E-state index contributed by atoms with van der Waals surface area (Å²) in [6.45, 7) is 7.30. The molecule has 120 valence electrons. The molecule has 0 saturated carbocycles. The maximum absolute atomic E-state index is 13.0. The standard InChI is InChI=1S/C17H16ClFN2O2/c1-4-9-20-16(22)14-10(2)15(18)11(3)21-17(14)23-13-7-5-12(19)6-8-13/h4-8H,1,9H2,2-3H3,(H,20,22). The fourth-order valence-corrected chi connectivity index (χ4v) is 2.14. The van der Waals surface area contributed by atoms with E-state index in [0.29, 0.717) is 28.6 Å². The summed E-state index contributed by atoms with van der Waals surface area (Å²) in [5, 5.41) is 3.08. The number of aromatic nitrogens is 1. The summed E-state index contributed by atoms with van der Waals surface area (Å²) in [6, 6.07) is 5.45. The van der Waals surface area contributed by atoms with Crippen LogP contribution in [-0.4, -0.2) is 17.4 Å². The van der Waals surface area contributed by atoms with Crippen molar-refractivity contribution in [2.45, 2.75) is 13.8 Å². The SMILES string of the molecule is C=CCNC(=O)c1c(Oc2ccc(F)cc2)nc(C)c(Cl)c1C. The zero-order chi connectivity index (χ0) is 17.0. The Balaban J connectivity index is 2.46. The molecule has 0 aliphatic carbocycles. The molecule has 0 bridgehead atoms. The number of nitrogens with zero attached hydrogens (tertiary/aromatic N) is 1. The van der Waals surface area contributed by atoms with Crippen molar-refractivity contribution in [2.24, 2.45) is 0 Å². The number of aryl methyl sites for hydroxylation is 1. The Morgan fingerprint density at radius 2 is 2.04 bits per heavy atom. The van der Waals surface area contributed by atoms with Gasteiger partial charge in [-0.25, -0.2) is 9.37 Å². The van der Waals surface area contributed by atoms with Gasteiger partial charge in [0.05, 0.1) is 10.7 Å². The summed E-state index contributed by atoms with van der Waals surface area (Å²) in [4.78, 5) is 16.6. The minimum atomic E-state index is -0.377. The fraction of sp³-hybridized carbons (Fsp3) is 0.176. The number of amides is 1. The van der Waals surface area contributed by atoms with E-state index < -0.39 is 0 Å². The smallest absolute Gasteiger partial charge is 0.257 e. The van der Waals surface area contributed by atoms with Crippen LogP contribution in [0.1, 0.15) is 21.6 Å². The minimum Gasteiger partial charge on any atom is -0.438 e. The molecule has 2 aromatic rings. The molecular weight excluding hydrogens is 319 g/mol. The van der Waals surface area contributed by atoms with Crippen molar-refractivity contribution in [1.82, 2.24) is 10.3 Å². The van der Waals surface area contributed by atoms with Crippen molar-refractivity contribution in [1.29, 1.82) is 0 Å². The molecule has 1 aromatic heterocycles. The first-order chi connectivity index (χ1) is 10.9. The van der Waals surface area contributed by atoms with Crippen LogP contribution in [0.2, 0.25) is 5.02 Å². The number of nitrogens with one attached hydrogen (secondary N) is 1. The molecule has 0 fully saturated rings. The topological polar surface area (TPSA) is 51.2 Å². The van der Waals surface area contributed by atoms with Gasteiger partial charge in [0.2, 0.25) is 5.88 Å². The van der Waals surface area contributed by atoms with E-state index >= 15 is 0 Å². The second kappa shape index (κ2) is 7.24. The summed E-state index contributed by atoms with van der Waals surface area (Å²) in [5.41, 5.74) is 1.35. The molecule has 0 spiro atoms. The van der Waals surface area contributed by atoms with E-state index in [1.807, 2.05) is 0 Å². The number of rotatable bonds is 5. The zero-order valence-electron chi connectivity index (χ0n) is 12.8. The van der Waals surface area contributed by atoms with Crippen LogP contribution >= 0.6 is 11.6 Å².